The Labute approximate surface area is 173 Å². The maximum atomic E-state index is 13.3. The van der Waals surface area contributed by atoms with Gasteiger partial charge in [-0.15, -0.1) is 0 Å². The van der Waals surface area contributed by atoms with Crippen LogP contribution in [-0.2, 0) is 4.79 Å². The highest BCUT2D eigenvalue weighted by molar-refractivity contribution is 6.11. The summed E-state index contributed by atoms with van der Waals surface area (Å²) in [5, 5.41) is 2.95. The number of piperidine rings is 1. The summed E-state index contributed by atoms with van der Waals surface area (Å²) in [6.07, 6.45) is 5.26. The number of pyridine rings is 1. The highest BCUT2D eigenvalue weighted by Gasteiger charge is 2.28. The number of aromatic nitrogens is 2. The molecule has 0 aliphatic carbocycles. The Kier molecular flexibility index (Phi) is 4.47. The average molecular weight is 398 g/mol. The van der Waals surface area contributed by atoms with Gasteiger partial charge in [-0.1, -0.05) is 30.3 Å². The molecule has 1 aliphatic rings. The second-order valence-electron chi connectivity index (χ2n) is 7.84. The third kappa shape index (κ3) is 3.10. The second kappa shape index (κ2) is 7.30. The Hall–Kier alpha value is -3.67. The molecule has 3 N–H and O–H groups in total. The summed E-state index contributed by atoms with van der Waals surface area (Å²) in [7, 11) is 0. The van der Waals surface area contributed by atoms with Gasteiger partial charge in [0.05, 0.1) is 5.92 Å². The normalized spacial score (nSPS) is 16.8. The summed E-state index contributed by atoms with van der Waals surface area (Å²) >= 11 is 0. The number of nitrogens with one attached hydrogen (secondary N) is 1. The number of amides is 2. The van der Waals surface area contributed by atoms with Crippen molar-refractivity contribution in [2.45, 2.75) is 12.8 Å². The van der Waals surface area contributed by atoms with Crippen molar-refractivity contribution < 1.29 is 9.59 Å². The van der Waals surface area contributed by atoms with E-state index in [1.807, 2.05) is 54.9 Å². The molecule has 2 aromatic heterocycles. The number of likely N-dealkylation sites (tertiary alicyclic amines) is 1. The summed E-state index contributed by atoms with van der Waals surface area (Å²) in [4.78, 5) is 34.3. The van der Waals surface area contributed by atoms with E-state index in [2.05, 4.69) is 16.0 Å². The molecule has 0 saturated carbocycles. The van der Waals surface area contributed by atoms with E-state index in [9.17, 15) is 9.59 Å². The number of carbonyl (C=O) groups excluding carboxylic acids is 2. The predicted molar refractivity (Wildman–Crippen MR) is 117 cm³/mol. The van der Waals surface area contributed by atoms with Gasteiger partial charge in [0.2, 0.25) is 5.91 Å². The molecule has 1 fully saturated rings. The van der Waals surface area contributed by atoms with Gasteiger partial charge < -0.3 is 15.6 Å². The Morgan fingerprint density at radius 1 is 1.10 bits per heavy atom. The van der Waals surface area contributed by atoms with Crippen LogP contribution in [0.3, 0.4) is 0 Å². The van der Waals surface area contributed by atoms with Crippen LogP contribution in [0.2, 0.25) is 0 Å². The lowest BCUT2D eigenvalue weighted by Gasteiger charge is -2.31. The third-order valence-corrected chi connectivity index (χ3v) is 5.98. The van der Waals surface area contributed by atoms with E-state index in [0.717, 1.165) is 45.8 Å². The molecule has 0 spiro atoms. The van der Waals surface area contributed by atoms with Crippen molar-refractivity contribution in [2.24, 2.45) is 11.7 Å². The minimum absolute atomic E-state index is 0.0529. The Balaban J connectivity index is 1.57. The molecule has 1 aliphatic heterocycles. The molecule has 2 amide bonds. The lowest BCUT2D eigenvalue weighted by atomic mass is 9.93. The molecule has 0 radical (unpaired) electrons. The number of hydrogen-bond acceptors (Lipinski definition) is 3. The summed E-state index contributed by atoms with van der Waals surface area (Å²) in [5.41, 5.74) is 9.03. The van der Waals surface area contributed by atoms with Gasteiger partial charge in [0.15, 0.2) is 0 Å². The first-order chi connectivity index (χ1) is 14.6. The van der Waals surface area contributed by atoms with E-state index in [4.69, 9.17) is 5.73 Å². The number of primary amides is 1. The number of nitrogens with zero attached hydrogens (tertiary/aromatic N) is 2. The minimum atomic E-state index is -0.333. The fourth-order valence-corrected chi connectivity index (χ4v) is 4.39. The summed E-state index contributed by atoms with van der Waals surface area (Å²) in [5.74, 6) is -0.657. The molecular weight excluding hydrogens is 376 g/mol. The fraction of sp³-hybridized carbons (Fsp3) is 0.208. The lowest BCUT2D eigenvalue weighted by molar-refractivity contribution is -0.123. The number of aromatic amines is 1. The zero-order chi connectivity index (χ0) is 20.7. The van der Waals surface area contributed by atoms with E-state index < -0.39 is 0 Å². The Bertz CT molecular complexity index is 1280. The van der Waals surface area contributed by atoms with Gasteiger partial charge in [-0.05, 0) is 47.4 Å². The van der Waals surface area contributed by atoms with Crippen LogP contribution in [0.5, 0.6) is 0 Å². The molecule has 1 saturated heterocycles. The first kappa shape index (κ1) is 18.4. The number of benzene rings is 2. The standard InChI is InChI=1S/C24H22N4O2/c25-22(29)16-4-3-11-28(14-16)24(30)21-8-7-18(19-5-1-2-6-20(19)21)17-12-15-9-10-26-23(15)27-13-17/h1-2,5-10,12-13,16H,3-4,11,14H2,(H2,25,29)(H,26,27). The van der Waals surface area contributed by atoms with Crippen LogP contribution in [0.25, 0.3) is 32.9 Å². The number of H-pyrrole nitrogens is 1. The maximum Gasteiger partial charge on any atom is 0.254 e. The van der Waals surface area contributed by atoms with Crippen LogP contribution in [0, 0.1) is 5.92 Å². The molecule has 2 aromatic carbocycles. The van der Waals surface area contributed by atoms with E-state index in [1.54, 1.807) is 4.90 Å². The van der Waals surface area contributed by atoms with E-state index in [0.29, 0.717) is 18.7 Å². The van der Waals surface area contributed by atoms with Gasteiger partial charge >= 0.3 is 0 Å². The van der Waals surface area contributed by atoms with Crippen LogP contribution < -0.4 is 5.73 Å². The van der Waals surface area contributed by atoms with Gasteiger partial charge in [-0.3, -0.25) is 9.59 Å². The predicted octanol–water partition coefficient (Wildman–Crippen LogP) is 3.72. The Morgan fingerprint density at radius 2 is 1.93 bits per heavy atom. The topological polar surface area (TPSA) is 92.1 Å². The third-order valence-electron chi connectivity index (χ3n) is 5.98. The van der Waals surface area contributed by atoms with Crippen molar-refractivity contribution in [2.75, 3.05) is 13.1 Å². The molecule has 30 heavy (non-hydrogen) atoms. The molecule has 4 aromatic rings. The van der Waals surface area contributed by atoms with Crippen LogP contribution in [0.15, 0.2) is 60.9 Å². The fourth-order valence-electron chi connectivity index (χ4n) is 4.39. The van der Waals surface area contributed by atoms with E-state index >= 15 is 0 Å². The Morgan fingerprint density at radius 3 is 2.77 bits per heavy atom. The SMILES string of the molecule is NC(=O)C1CCCN(C(=O)c2ccc(-c3cnc4[nH]ccc4c3)c3ccccc23)C1. The maximum absolute atomic E-state index is 13.3. The highest BCUT2D eigenvalue weighted by Crippen LogP contribution is 2.33. The van der Waals surface area contributed by atoms with Crippen LogP contribution >= 0.6 is 0 Å². The highest BCUT2D eigenvalue weighted by atomic mass is 16.2. The van der Waals surface area contributed by atoms with Gasteiger partial charge in [-0.25, -0.2) is 4.98 Å². The number of rotatable bonds is 3. The number of carbonyl (C=O) groups is 2. The van der Waals surface area contributed by atoms with Gasteiger partial charge in [-0.2, -0.15) is 0 Å². The molecule has 6 nitrogen and oxygen atoms in total. The van der Waals surface area contributed by atoms with E-state index in [-0.39, 0.29) is 17.7 Å². The van der Waals surface area contributed by atoms with Crippen molar-refractivity contribution in [3.05, 3.63) is 66.5 Å². The van der Waals surface area contributed by atoms with Crippen LogP contribution in [-0.4, -0.2) is 39.8 Å². The quantitative estimate of drug-likeness (QED) is 0.551. The number of nitrogens with two attached hydrogens (primary N) is 1. The molecular formula is C24H22N4O2. The van der Waals surface area contributed by atoms with Gasteiger partial charge in [0.1, 0.15) is 5.65 Å². The van der Waals surface area contributed by atoms with Crippen molar-refractivity contribution in [3.63, 3.8) is 0 Å². The number of fused-ring (bicyclic) bond motifs is 2. The zero-order valence-corrected chi connectivity index (χ0v) is 16.5. The molecule has 5 rings (SSSR count). The van der Waals surface area contributed by atoms with Crippen molar-refractivity contribution in [3.8, 4) is 11.1 Å². The average Bonchev–Trinajstić information content (AvgIpc) is 3.26. The smallest absolute Gasteiger partial charge is 0.254 e. The minimum Gasteiger partial charge on any atom is -0.369 e. The molecule has 1 unspecified atom stereocenters. The van der Waals surface area contributed by atoms with Crippen molar-refractivity contribution in [1.29, 1.82) is 0 Å². The van der Waals surface area contributed by atoms with Crippen molar-refractivity contribution in [1.82, 2.24) is 14.9 Å². The van der Waals surface area contributed by atoms with Gasteiger partial charge in [0.25, 0.3) is 5.91 Å². The van der Waals surface area contributed by atoms with Crippen LogP contribution in [0.4, 0.5) is 0 Å². The lowest BCUT2D eigenvalue weighted by Crippen LogP contribution is -2.44. The van der Waals surface area contributed by atoms with Crippen molar-refractivity contribution >= 4 is 33.6 Å². The number of hydrogen-bond donors (Lipinski definition) is 2. The molecule has 6 heteroatoms. The molecule has 1 atom stereocenters. The van der Waals surface area contributed by atoms with Crippen LogP contribution in [0.1, 0.15) is 23.2 Å². The zero-order valence-electron chi connectivity index (χ0n) is 16.5. The molecule has 3 heterocycles. The molecule has 150 valence electrons. The monoisotopic (exact) mass is 398 g/mol. The summed E-state index contributed by atoms with van der Waals surface area (Å²) in [6.45, 7) is 1.03. The largest absolute Gasteiger partial charge is 0.369 e. The van der Waals surface area contributed by atoms with E-state index in [1.165, 1.54) is 0 Å². The first-order valence-corrected chi connectivity index (χ1v) is 10.2. The first-order valence-electron chi connectivity index (χ1n) is 10.2. The summed E-state index contributed by atoms with van der Waals surface area (Å²) < 4.78 is 0. The molecule has 0 bridgehead atoms. The van der Waals surface area contributed by atoms with Gasteiger partial charge in [0, 0.05) is 42.0 Å². The summed E-state index contributed by atoms with van der Waals surface area (Å²) in [6, 6.07) is 15.9. The second-order valence-corrected chi connectivity index (χ2v) is 7.84.